The number of likely N-dealkylation sites (tertiary alicyclic amines) is 1. The number of urea groups is 1. The topological polar surface area (TPSA) is 89.9 Å². The summed E-state index contributed by atoms with van der Waals surface area (Å²) in [7, 11) is 0. The van der Waals surface area contributed by atoms with E-state index in [2.05, 4.69) is 5.32 Å². The van der Waals surface area contributed by atoms with Crippen LogP contribution < -0.4 is 5.32 Å². The second-order valence-corrected chi connectivity index (χ2v) is 4.47. The third kappa shape index (κ3) is 2.11. The number of rotatable bonds is 2. The van der Waals surface area contributed by atoms with Crippen molar-refractivity contribution in [3.05, 3.63) is 0 Å². The fourth-order valence-electron chi connectivity index (χ4n) is 2.08. The van der Waals surface area contributed by atoms with Crippen LogP contribution in [0.5, 0.6) is 0 Å². The summed E-state index contributed by atoms with van der Waals surface area (Å²) in [5, 5.41) is 21.1. The number of nitrogens with one attached hydrogen (secondary N) is 1. The molecule has 0 bridgehead atoms. The van der Waals surface area contributed by atoms with E-state index in [0.717, 1.165) is 19.3 Å². The minimum atomic E-state index is -1.06. The van der Waals surface area contributed by atoms with Crippen molar-refractivity contribution in [2.45, 2.75) is 43.9 Å². The van der Waals surface area contributed by atoms with Gasteiger partial charge in [0.25, 0.3) is 0 Å². The number of β-amino-alcohol motifs (C(OH)–C–C–N with tert-alkyl or cyclic N) is 1. The van der Waals surface area contributed by atoms with Crippen LogP contribution in [0.2, 0.25) is 0 Å². The molecule has 0 aromatic carbocycles. The average molecular weight is 228 g/mol. The molecule has 0 unspecified atom stereocenters. The van der Waals surface area contributed by atoms with E-state index in [1.165, 1.54) is 4.90 Å². The third-order valence-electron chi connectivity index (χ3n) is 3.26. The molecule has 2 fully saturated rings. The van der Waals surface area contributed by atoms with Gasteiger partial charge in [-0.25, -0.2) is 9.59 Å². The molecule has 2 rings (SSSR count). The van der Waals surface area contributed by atoms with Gasteiger partial charge in [-0.15, -0.1) is 0 Å². The highest BCUT2D eigenvalue weighted by molar-refractivity contribution is 5.83. The van der Waals surface area contributed by atoms with Gasteiger partial charge in [0, 0.05) is 19.0 Å². The van der Waals surface area contributed by atoms with Crippen LogP contribution >= 0.6 is 0 Å². The van der Waals surface area contributed by atoms with Crippen LogP contribution in [0.1, 0.15) is 25.7 Å². The molecule has 1 aliphatic heterocycles. The smallest absolute Gasteiger partial charge is 0.326 e. The normalized spacial score (nSPS) is 29.9. The molecule has 1 heterocycles. The molecule has 0 radical (unpaired) electrons. The maximum atomic E-state index is 11.7. The number of carbonyl (C=O) groups excluding carboxylic acids is 1. The van der Waals surface area contributed by atoms with Gasteiger partial charge in [-0.05, 0) is 19.3 Å². The first-order valence-electron chi connectivity index (χ1n) is 5.56. The monoisotopic (exact) mass is 228 g/mol. The first-order valence-corrected chi connectivity index (χ1v) is 5.56. The van der Waals surface area contributed by atoms with Gasteiger partial charge in [0.15, 0.2) is 0 Å². The number of hydrogen-bond acceptors (Lipinski definition) is 3. The molecule has 0 spiro atoms. The Hall–Kier alpha value is -1.30. The number of aliphatic hydroxyl groups excluding tert-OH is 1. The van der Waals surface area contributed by atoms with E-state index in [0.29, 0.717) is 0 Å². The number of amides is 2. The number of aliphatic hydroxyl groups is 1. The summed E-state index contributed by atoms with van der Waals surface area (Å²) in [6, 6.07) is -1.08. The van der Waals surface area contributed by atoms with Crippen LogP contribution in [0, 0.1) is 0 Å². The SMILES string of the molecule is O=C(O)[C@@H]1C[C@@H](O)CN1C(=O)NC1CCC1. The Kier molecular flexibility index (Phi) is 3.00. The molecular formula is C10H16N2O4. The van der Waals surface area contributed by atoms with E-state index in [4.69, 9.17) is 5.11 Å². The summed E-state index contributed by atoms with van der Waals surface area (Å²) in [6.45, 7) is 0.107. The van der Waals surface area contributed by atoms with Crippen LogP contribution in [-0.2, 0) is 4.79 Å². The molecule has 0 aromatic rings. The molecule has 3 N–H and O–H groups in total. The Balaban J connectivity index is 1.95. The van der Waals surface area contributed by atoms with Crippen molar-refractivity contribution < 1.29 is 19.8 Å². The zero-order valence-corrected chi connectivity index (χ0v) is 8.93. The van der Waals surface area contributed by atoms with Crippen molar-refractivity contribution in [3.8, 4) is 0 Å². The number of carboxylic acid groups (broad SMARTS) is 1. The first kappa shape index (κ1) is 11.2. The van der Waals surface area contributed by atoms with Crippen LogP contribution in [0.4, 0.5) is 4.79 Å². The van der Waals surface area contributed by atoms with E-state index in [9.17, 15) is 14.7 Å². The van der Waals surface area contributed by atoms with Gasteiger partial charge in [0.05, 0.1) is 6.10 Å². The van der Waals surface area contributed by atoms with Crippen LogP contribution in [0.25, 0.3) is 0 Å². The number of hydrogen-bond donors (Lipinski definition) is 3. The lowest BCUT2D eigenvalue weighted by atomic mass is 9.93. The lowest BCUT2D eigenvalue weighted by Crippen LogP contribution is -2.50. The molecule has 16 heavy (non-hydrogen) atoms. The van der Waals surface area contributed by atoms with Crippen molar-refractivity contribution in [3.63, 3.8) is 0 Å². The Morgan fingerprint density at radius 2 is 2.00 bits per heavy atom. The van der Waals surface area contributed by atoms with Crippen molar-refractivity contribution in [1.29, 1.82) is 0 Å². The molecule has 6 nitrogen and oxygen atoms in total. The van der Waals surface area contributed by atoms with E-state index in [1.807, 2.05) is 0 Å². The predicted molar refractivity (Wildman–Crippen MR) is 54.9 cm³/mol. The Morgan fingerprint density at radius 1 is 1.31 bits per heavy atom. The van der Waals surface area contributed by atoms with Crippen LogP contribution in [0.3, 0.4) is 0 Å². The van der Waals surface area contributed by atoms with Crippen molar-refractivity contribution in [1.82, 2.24) is 10.2 Å². The van der Waals surface area contributed by atoms with Gasteiger partial charge in [-0.1, -0.05) is 0 Å². The summed E-state index contributed by atoms with van der Waals surface area (Å²) in [6.07, 6.45) is 2.41. The van der Waals surface area contributed by atoms with Crippen molar-refractivity contribution in [2.24, 2.45) is 0 Å². The Labute approximate surface area is 93.2 Å². The van der Waals surface area contributed by atoms with Gasteiger partial charge < -0.3 is 20.4 Å². The standard InChI is InChI=1S/C10H16N2O4/c13-7-4-8(9(14)15)12(5-7)10(16)11-6-2-1-3-6/h6-8,13H,1-5H2,(H,11,16)(H,14,15)/t7-,8+/m1/s1. The predicted octanol–water partition coefficient (Wildman–Crippen LogP) is -0.232. The summed E-state index contributed by atoms with van der Waals surface area (Å²) in [5.41, 5.74) is 0. The van der Waals surface area contributed by atoms with E-state index < -0.39 is 18.1 Å². The second kappa shape index (κ2) is 4.29. The van der Waals surface area contributed by atoms with Crippen molar-refractivity contribution >= 4 is 12.0 Å². The highest BCUT2D eigenvalue weighted by Crippen LogP contribution is 2.21. The fourth-order valence-corrected chi connectivity index (χ4v) is 2.08. The summed E-state index contributed by atoms with van der Waals surface area (Å²) >= 11 is 0. The highest BCUT2D eigenvalue weighted by atomic mass is 16.4. The molecular weight excluding hydrogens is 212 g/mol. The van der Waals surface area contributed by atoms with E-state index >= 15 is 0 Å². The molecule has 2 amide bonds. The van der Waals surface area contributed by atoms with Gasteiger partial charge in [0.1, 0.15) is 6.04 Å². The zero-order chi connectivity index (χ0) is 11.7. The summed E-state index contributed by atoms with van der Waals surface area (Å²) in [5.74, 6) is -1.06. The molecule has 1 saturated heterocycles. The fraction of sp³-hybridized carbons (Fsp3) is 0.800. The van der Waals surface area contributed by atoms with E-state index in [-0.39, 0.29) is 25.0 Å². The molecule has 2 atom stereocenters. The lowest BCUT2D eigenvalue weighted by molar-refractivity contribution is -0.141. The van der Waals surface area contributed by atoms with Gasteiger partial charge >= 0.3 is 12.0 Å². The lowest BCUT2D eigenvalue weighted by Gasteiger charge is -2.30. The quantitative estimate of drug-likeness (QED) is 0.609. The molecule has 6 heteroatoms. The Morgan fingerprint density at radius 3 is 2.50 bits per heavy atom. The van der Waals surface area contributed by atoms with E-state index in [1.54, 1.807) is 0 Å². The summed E-state index contributed by atoms with van der Waals surface area (Å²) in [4.78, 5) is 23.9. The second-order valence-electron chi connectivity index (χ2n) is 4.47. The van der Waals surface area contributed by atoms with Crippen LogP contribution in [-0.4, -0.2) is 51.8 Å². The highest BCUT2D eigenvalue weighted by Gasteiger charge is 2.39. The van der Waals surface area contributed by atoms with Crippen molar-refractivity contribution in [2.75, 3.05) is 6.54 Å². The molecule has 1 saturated carbocycles. The first-order chi connectivity index (χ1) is 7.58. The molecule has 2 aliphatic rings. The largest absolute Gasteiger partial charge is 0.480 e. The average Bonchev–Trinajstić information content (AvgIpc) is 2.53. The Bertz CT molecular complexity index is 303. The zero-order valence-electron chi connectivity index (χ0n) is 8.93. The number of carbonyl (C=O) groups is 2. The number of aliphatic carboxylic acids is 1. The number of nitrogens with zero attached hydrogens (tertiary/aromatic N) is 1. The van der Waals surface area contributed by atoms with Gasteiger partial charge in [-0.2, -0.15) is 0 Å². The molecule has 90 valence electrons. The van der Waals surface area contributed by atoms with Gasteiger partial charge in [0.2, 0.25) is 0 Å². The maximum Gasteiger partial charge on any atom is 0.326 e. The number of carboxylic acids is 1. The minimum Gasteiger partial charge on any atom is -0.480 e. The third-order valence-corrected chi connectivity index (χ3v) is 3.26. The summed E-state index contributed by atoms with van der Waals surface area (Å²) < 4.78 is 0. The molecule has 1 aliphatic carbocycles. The maximum absolute atomic E-state index is 11.7. The minimum absolute atomic E-state index is 0.107. The molecule has 0 aromatic heterocycles. The van der Waals surface area contributed by atoms with Gasteiger partial charge in [-0.3, -0.25) is 0 Å². The van der Waals surface area contributed by atoms with Crippen LogP contribution in [0.15, 0.2) is 0 Å².